The smallest absolute Gasteiger partial charge is 0.330 e. The number of aromatic amines is 1. The first-order valence-electron chi connectivity index (χ1n) is 12.2. The molecule has 10 nitrogen and oxygen atoms in total. The minimum atomic E-state index is -0.783. The first kappa shape index (κ1) is 24.4. The number of nitrogens with two attached hydrogens (primary N) is 1. The van der Waals surface area contributed by atoms with Crippen LogP contribution in [0.3, 0.4) is 0 Å². The number of carbonyl (C=O) groups is 3. The van der Waals surface area contributed by atoms with Crippen molar-refractivity contribution in [3.05, 3.63) is 56.7 Å². The Morgan fingerprint density at radius 3 is 2.29 bits per heavy atom. The Morgan fingerprint density at radius 2 is 1.69 bits per heavy atom. The molecule has 0 unspecified atom stereocenters. The van der Waals surface area contributed by atoms with Crippen molar-refractivity contribution in [1.82, 2.24) is 14.5 Å². The summed E-state index contributed by atoms with van der Waals surface area (Å²) in [7, 11) is 0. The van der Waals surface area contributed by atoms with Gasteiger partial charge in [-0.05, 0) is 24.8 Å². The third kappa shape index (κ3) is 4.78. The van der Waals surface area contributed by atoms with Crippen LogP contribution in [0, 0.1) is 11.8 Å². The highest BCUT2D eigenvalue weighted by Crippen LogP contribution is 2.38. The lowest BCUT2D eigenvalue weighted by Gasteiger charge is -2.26. The van der Waals surface area contributed by atoms with Crippen molar-refractivity contribution in [1.29, 1.82) is 0 Å². The van der Waals surface area contributed by atoms with E-state index in [4.69, 9.17) is 5.73 Å². The molecule has 0 radical (unpaired) electrons. The number of rotatable bonds is 8. The summed E-state index contributed by atoms with van der Waals surface area (Å²) in [4.78, 5) is 69.1. The fraction of sp³-hybridized carbons (Fsp3) is 0.480. The van der Waals surface area contributed by atoms with Crippen LogP contribution in [-0.4, -0.2) is 45.3 Å². The Bertz CT molecular complexity index is 1210. The lowest BCUT2D eigenvalue weighted by atomic mass is 9.81. The molecule has 2 heterocycles. The number of imide groups is 1. The number of likely N-dealkylation sites (tertiary alicyclic amines) is 1. The third-order valence-corrected chi connectivity index (χ3v) is 6.93. The first-order chi connectivity index (χ1) is 16.8. The molecule has 1 saturated carbocycles. The number of nitrogens with one attached hydrogen (secondary N) is 1. The van der Waals surface area contributed by atoms with Gasteiger partial charge in [-0.15, -0.1) is 0 Å². The second kappa shape index (κ2) is 10.3. The highest BCUT2D eigenvalue weighted by atomic mass is 16.2. The molecule has 2 aromatic rings. The largest absolute Gasteiger partial charge is 0.383 e. The van der Waals surface area contributed by atoms with Crippen molar-refractivity contribution in [2.24, 2.45) is 11.8 Å². The fourth-order valence-electron chi connectivity index (χ4n) is 5.05. The summed E-state index contributed by atoms with van der Waals surface area (Å²) in [6.45, 7) is 1.75. The zero-order valence-corrected chi connectivity index (χ0v) is 19.9. The number of benzene rings is 1. The van der Waals surface area contributed by atoms with E-state index in [0.717, 1.165) is 29.7 Å². The number of aromatic nitrogens is 2. The average Bonchev–Trinajstić information content (AvgIpc) is 3.09. The number of unbranched alkanes of at least 4 members (excludes halogenated alkanes) is 1. The first-order valence-corrected chi connectivity index (χ1v) is 12.2. The zero-order chi connectivity index (χ0) is 25.1. The molecular formula is C25H31N5O5. The van der Waals surface area contributed by atoms with Crippen molar-refractivity contribution in [2.75, 3.05) is 23.7 Å². The number of H-pyrrole nitrogens is 1. The van der Waals surface area contributed by atoms with E-state index >= 15 is 0 Å². The Labute approximate surface area is 202 Å². The van der Waals surface area contributed by atoms with E-state index in [-0.39, 0.29) is 48.2 Å². The zero-order valence-electron chi connectivity index (χ0n) is 19.9. The second-order valence-corrected chi connectivity index (χ2v) is 9.22. The molecular weight excluding hydrogens is 450 g/mol. The molecule has 1 aromatic carbocycles. The number of anilines is 2. The van der Waals surface area contributed by atoms with Gasteiger partial charge in [-0.25, -0.2) is 4.79 Å². The van der Waals surface area contributed by atoms with Crippen molar-refractivity contribution in [2.45, 2.75) is 52.0 Å². The summed E-state index contributed by atoms with van der Waals surface area (Å²) in [6, 6.07) is 9.13. The summed E-state index contributed by atoms with van der Waals surface area (Å²) in [5.74, 6) is -2.09. The van der Waals surface area contributed by atoms with Gasteiger partial charge in [0, 0.05) is 6.54 Å². The van der Waals surface area contributed by atoms with Gasteiger partial charge in [0.15, 0.2) is 5.69 Å². The van der Waals surface area contributed by atoms with Crippen LogP contribution in [0.25, 0.3) is 0 Å². The number of nitrogens with zero attached hydrogens (tertiary/aromatic N) is 3. The van der Waals surface area contributed by atoms with Crippen molar-refractivity contribution >= 4 is 29.2 Å². The second-order valence-electron chi connectivity index (χ2n) is 9.22. The number of hydrogen-bond acceptors (Lipinski definition) is 6. The minimum Gasteiger partial charge on any atom is -0.383 e. The van der Waals surface area contributed by atoms with Crippen LogP contribution >= 0.6 is 0 Å². The molecule has 4 rings (SSSR count). The molecule has 1 aliphatic carbocycles. The average molecular weight is 482 g/mol. The van der Waals surface area contributed by atoms with Crippen LogP contribution in [0.15, 0.2) is 39.9 Å². The van der Waals surface area contributed by atoms with Crippen LogP contribution in [0.1, 0.15) is 51.0 Å². The monoisotopic (exact) mass is 481 g/mol. The molecule has 1 aromatic heterocycles. The maximum atomic E-state index is 13.4. The number of fused-ring (bicyclic) bond motifs is 1. The van der Waals surface area contributed by atoms with Crippen molar-refractivity contribution in [3.8, 4) is 0 Å². The Kier molecular flexibility index (Phi) is 7.18. The Hall–Kier alpha value is -3.69. The van der Waals surface area contributed by atoms with Crippen LogP contribution < -0.4 is 21.9 Å². The molecule has 3 N–H and O–H groups in total. The van der Waals surface area contributed by atoms with Crippen LogP contribution in [0.4, 0.5) is 11.5 Å². The molecule has 186 valence electrons. The van der Waals surface area contributed by atoms with Gasteiger partial charge in [-0.3, -0.25) is 33.6 Å². The maximum Gasteiger partial charge on any atom is 0.330 e. The molecule has 35 heavy (non-hydrogen) atoms. The van der Waals surface area contributed by atoms with Crippen molar-refractivity contribution < 1.29 is 14.4 Å². The van der Waals surface area contributed by atoms with Crippen LogP contribution in [0.2, 0.25) is 0 Å². The van der Waals surface area contributed by atoms with Gasteiger partial charge in [0.1, 0.15) is 12.4 Å². The summed E-state index contributed by atoms with van der Waals surface area (Å²) in [5, 5.41) is 0. The van der Waals surface area contributed by atoms with Gasteiger partial charge in [0.2, 0.25) is 17.7 Å². The van der Waals surface area contributed by atoms with Gasteiger partial charge in [0.25, 0.3) is 5.56 Å². The lowest BCUT2D eigenvalue weighted by molar-refractivity contribution is -0.143. The summed E-state index contributed by atoms with van der Waals surface area (Å²) in [5.41, 5.74) is 5.49. The van der Waals surface area contributed by atoms with E-state index in [1.807, 2.05) is 37.3 Å². The van der Waals surface area contributed by atoms with Gasteiger partial charge in [0.05, 0.1) is 18.4 Å². The number of hydrogen-bond donors (Lipinski definition) is 2. The van der Waals surface area contributed by atoms with E-state index in [0.29, 0.717) is 19.3 Å². The Morgan fingerprint density at radius 1 is 1.06 bits per heavy atom. The third-order valence-electron chi connectivity index (χ3n) is 6.93. The number of amides is 3. The molecule has 2 aliphatic rings. The van der Waals surface area contributed by atoms with E-state index in [1.54, 1.807) is 0 Å². The molecule has 3 amide bonds. The summed E-state index contributed by atoms with van der Waals surface area (Å²) < 4.78 is 1.21. The van der Waals surface area contributed by atoms with Gasteiger partial charge in [-0.1, -0.05) is 56.5 Å². The lowest BCUT2D eigenvalue weighted by Crippen LogP contribution is -2.47. The predicted octanol–water partition coefficient (Wildman–Crippen LogP) is 1.48. The standard InChI is InChI=1S/C25H31N5O5/c1-2-3-13-28(19(31)15-30-23(33)17-11-7-8-12-18(17)24(30)34)20-21(26)29(25(35)27-22(20)32)14-16-9-5-4-6-10-16/h4-6,9-10,17-18H,2-3,7-8,11-15,26H2,1H3,(H,27,32,35)/t17-,18+. The van der Waals surface area contributed by atoms with Crippen LogP contribution in [-0.2, 0) is 20.9 Å². The van der Waals surface area contributed by atoms with E-state index in [9.17, 15) is 24.0 Å². The van der Waals surface area contributed by atoms with Gasteiger partial charge < -0.3 is 10.6 Å². The van der Waals surface area contributed by atoms with E-state index in [2.05, 4.69) is 4.98 Å². The molecule has 1 saturated heterocycles. The Balaban J connectivity index is 1.66. The minimum absolute atomic E-state index is 0.109. The SMILES string of the molecule is CCCCN(C(=O)CN1C(=O)[C@H]2CCCC[C@H]2C1=O)c1c(N)n(Cc2ccccc2)c(=O)[nH]c1=O. The summed E-state index contributed by atoms with van der Waals surface area (Å²) >= 11 is 0. The topological polar surface area (TPSA) is 139 Å². The quantitative estimate of drug-likeness (QED) is 0.548. The molecule has 10 heteroatoms. The molecule has 0 bridgehead atoms. The van der Waals surface area contributed by atoms with E-state index < -0.39 is 23.7 Å². The molecule has 0 spiro atoms. The van der Waals surface area contributed by atoms with Gasteiger partial charge >= 0.3 is 5.69 Å². The van der Waals surface area contributed by atoms with E-state index in [1.165, 1.54) is 9.47 Å². The predicted molar refractivity (Wildman–Crippen MR) is 131 cm³/mol. The molecule has 2 atom stereocenters. The molecule has 2 fully saturated rings. The highest BCUT2D eigenvalue weighted by Gasteiger charge is 2.49. The maximum absolute atomic E-state index is 13.4. The highest BCUT2D eigenvalue weighted by molar-refractivity contribution is 6.09. The van der Waals surface area contributed by atoms with Crippen LogP contribution in [0.5, 0.6) is 0 Å². The van der Waals surface area contributed by atoms with Crippen molar-refractivity contribution in [3.63, 3.8) is 0 Å². The fourth-order valence-corrected chi connectivity index (χ4v) is 5.05. The summed E-state index contributed by atoms with van der Waals surface area (Å²) in [6.07, 6.45) is 4.37. The molecule has 1 aliphatic heterocycles. The number of nitrogen functional groups attached to an aromatic ring is 1. The van der Waals surface area contributed by atoms with Gasteiger partial charge in [-0.2, -0.15) is 0 Å². The number of carbonyl (C=O) groups excluding carboxylic acids is 3. The normalized spacial score (nSPS) is 19.6.